The summed E-state index contributed by atoms with van der Waals surface area (Å²) in [7, 11) is 0. The number of rotatable bonds is 6. The third kappa shape index (κ3) is 4.51. The number of likely N-dealkylation sites (tertiary alicyclic amines) is 1. The van der Waals surface area contributed by atoms with E-state index in [0.29, 0.717) is 13.0 Å². The smallest absolute Gasteiger partial charge is 0.224 e. The molecule has 1 aliphatic rings. The highest BCUT2D eigenvalue weighted by Crippen LogP contribution is 2.29. The molecule has 0 saturated carbocycles. The largest absolute Gasteiger partial charge is 0.455 e. The van der Waals surface area contributed by atoms with Gasteiger partial charge in [0.25, 0.3) is 0 Å². The quantitative estimate of drug-likeness (QED) is 0.861. The summed E-state index contributed by atoms with van der Waals surface area (Å²) in [6, 6.07) is 17.5. The van der Waals surface area contributed by atoms with Crippen LogP contribution in [0.25, 0.3) is 0 Å². The van der Waals surface area contributed by atoms with E-state index in [0.717, 1.165) is 43.1 Å². The molecule has 0 atom stereocenters. The molecule has 0 bridgehead atoms. The minimum Gasteiger partial charge on any atom is -0.455 e. The van der Waals surface area contributed by atoms with E-state index in [1.165, 1.54) is 6.42 Å². The molecule has 0 unspecified atom stereocenters. The lowest BCUT2D eigenvalue weighted by Gasteiger charge is -2.26. The van der Waals surface area contributed by atoms with Gasteiger partial charge in [0.05, 0.1) is 5.69 Å². The van der Waals surface area contributed by atoms with Crippen molar-refractivity contribution in [2.75, 3.05) is 25.0 Å². The number of nitrogens with one attached hydrogen (secondary N) is 1. The van der Waals surface area contributed by atoms with E-state index < -0.39 is 0 Å². The molecule has 24 heavy (non-hydrogen) atoms. The average molecular weight is 324 g/mol. The van der Waals surface area contributed by atoms with E-state index in [1.807, 2.05) is 59.5 Å². The number of para-hydroxylation sites is 3. The lowest BCUT2D eigenvalue weighted by Crippen LogP contribution is -2.36. The van der Waals surface area contributed by atoms with Crippen LogP contribution in [0.15, 0.2) is 54.6 Å². The van der Waals surface area contributed by atoms with Crippen molar-refractivity contribution in [3.05, 3.63) is 54.6 Å². The predicted octanol–water partition coefficient (Wildman–Crippen LogP) is 4.29. The van der Waals surface area contributed by atoms with Gasteiger partial charge in [-0.05, 0) is 43.5 Å². The first-order chi connectivity index (χ1) is 11.8. The van der Waals surface area contributed by atoms with Gasteiger partial charge in [-0.25, -0.2) is 0 Å². The maximum absolute atomic E-state index is 12.2. The molecule has 1 amide bonds. The fourth-order valence-electron chi connectivity index (χ4n) is 2.92. The number of hydrogen-bond acceptors (Lipinski definition) is 3. The zero-order valence-electron chi connectivity index (χ0n) is 13.9. The first-order valence-corrected chi connectivity index (χ1v) is 8.66. The van der Waals surface area contributed by atoms with Gasteiger partial charge in [-0.1, -0.05) is 30.3 Å². The number of benzene rings is 2. The second-order valence-electron chi connectivity index (χ2n) is 6.03. The first-order valence-electron chi connectivity index (χ1n) is 8.66. The molecule has 1 N–H and O–H groups in total. The summed E-state index contributed by atoms with van der Waals surface area (Å²) in [4.78, 5) is 14.2. The van der Waals surface area contributed by atoms with Gasteiger partial charge in [-0.2, -0.15) is 0 Å². The molecule has 2 aromatic carbocycles. The number of hydrogen-bond donors (Lipinski definition) is 1. The minimum absolute atomic E-state index is 0.239. The second-order valence-corrected chi connectivity index (χ2v) is 6.03. The van der Waals surface area contributed by atoms with Crippen LogP contribution in [-0.4, -0.2) is 30.4 Å². The standard InChI is InChI=1S/C20H24N2O2/c23-20(22-15-7-2-8-16-22)13-14-21-18-11-5-6-12-19(18)24-17-9-3-1-4-10-17/h1,3-6,9-12,21H,2,7-8,13-16H2. The van der Waals surface area contributed by atoms with Crippen molar-refractivity contribution in [2.45, 2.75) is 25.7 Å². The molecule has 1 saturated heterocycles. The summed E-state index contributed by atoms with van der Waals surface area (Å²) >= 11 is 0. The molecule has 4 heteroatoms. The highest BCUT2D eigenvalue weighted by Gasteiger charge is 2.15. The average Bonchev–Trinajstić information content (AvgIpc) is 2.64. The van der Waals surface area contributed by atoms with Gasteiger partial charge in [-0.3, -0.25) is 4.79 Å². The SMILES string of the molecule is O=C(CCNc1ccccc1Oc1ccccc1)N1CCCCC1. The number of ether oxygens (including phenoxy) is 1. The van der Waals surface area contributed by atoms with Crippen molar-refractivity contribution in [1.82, 2.24) is 4.90 Å². The number of carbonyl (C=O) groups excluding carboxylic acids is 1. The highest BCUT2D eigenvalue weighted by molar-refractivity contribution is 5.77. The topological polar surface area (TPSA) is 41.6 Å². The Morgan fingerprint density at radius 1 is 0.958 bits per heavy atom. The van der Waals surface area contributed by atoms with Gasteiger partial charge in [0.1, 0.15) is 5.75 Å². The van der Waals surface area contributed by atoms with Gasteiger partial charge in [0.15, 0.2) is 5.75 Å². The summed E-state index contributed by atoms with van der Waals surface area (Å²) in [6.07, 6.45) is 4.02. The Balaban J connectivity index is 1.54. The maximum atomic E-state index is 12.2. The van der Waals surface area contributed by atoms with E-state index in [9.17, 15) is 4.79 Å². The predicted molar refractivity (Wildman–Crippen MR) is 96.5 cm³/mol. The molecule has 4 nitrogen and oxygen atoms in total. The molecule has 2 aromatic rings. The maximum Gasteiger partial charge on any atom is 0.224 e. The molecule has 0 aromatic heterocycles. The monoisotopic (exact) mass is 324 g/mol. The molecule has 0 aliphatic carbocycles. The zero-order chi connectivity index (χ0) is 16.6. The van der Waals surface area contributed by atoms with Crippen molar-refractivity contribution in [3.8, 4) is 11.5 Å². The summed E-state index contributed by atoms with van der Waals surface area (Å²) in [5.74, 6) is 1.81. The molecular formula is C20H24N2O2. The summed E-state index contributed by atoms with van der Waals surface area (Å²) in [5.41, 5.74) is 0.910. The molecule has 1 fully saturated rings. The molecule has 1 heterocycles. The normalized spacial score (nSPS) is 14.2. The molecule has 126 valence electrons. The Kier molecular flexibility index (Phi) is 5.72. The van der Waals surface area contributed by atoms with Crippen molar-refractivity contribution in [1.29, 1.82) is 0 Å². The van der Waals surface area contributed by atoms with Gasteiger partial charge in [0.2, 0.25) is 5.91 Å². The van der Waals surface area contributed by atoms with Gasteiger partial charge < -0.3 is 15.0 Å². The highest BCUT2D eigenvalue weighted by atomic mass is 16.5. The number of anilines is 1. The van der Waals surface area contributed by atoms with E-state index in [4.69, 9.17) is 4.74 Å². The van der Waals surface area contributed by atoms with E-state index >= 15 is 0 Å². The van der Waals surface area contributed by atoms with Crippen LogP contribution >= 0.6 is 0 Å². The van der Waals surface area contributed by atoms with Crippen LogP contribution in [0, 0.1) is 0 Å². The van der Waals surface area contributed by atoms with Crippen LogP contribution in [0.5, 0.6) is 11.5 Å². The lowest BCUT2D eigenvalue weighted by molar-refractivity contribution is -0.131. The Morgan fingerprint density at radius 2 is 1.67 bits per heavy atom. The van der Waals surface area contributed by atoms with E-state index in [2.05, 4.69) is 5.32 Å². The summed E-state index contributed by atoms with van der Waals surface area (Å²) in [6.45, 7) is 2.43. The van der Waals surface area contributed by atoms with Crippen molar-refractivity contribution in [2.24, 2.45) is 0 Å². The number of amides is 1. The molecule has 0 radical (unpaired) electrons. The van der Waals surface area contributed by atoms with E-state index in [-0.39, 0.29) is 5.91 Å². The Bertz CT molecular complexity index is 652. The van der Waals surface area contributed by atoms with E-state index in [1.54, 1.807) is 0 Å². The van der Waals surface area contributed by atoms with Crippen LogP contribution in [0.2, 0.25) is 0 Å². The zero-order valence-corrected chi connectivity index (χ0v) is 13.9. The number of nitrogens with zero attached hydrogens (tertiary/aromatic N) is 1. The van der Waals surface area contributed by atoms with Crippen LogP contribution in [0.3, 0.4) is 0 Å². The van der Waals surface area contributed by atoms with Gasteiger partial charge in [0, 0.05) is 26.1 Å². The number of piperidine rings is 1. The van der Waals surface area contributed by atoms with Crippen molar-refractivity contribution >= 4 is 11.6 Å². The van der Waals surface area contributed by atoms with Crippen LogP contribution in [0.1, 0.15) is 25.7 Å². The van der Waals surface area contributed by atoms with Gasteiger partial charge >= 0.3 is 0 Å². The van der Waals surface area contributed by atoms with Crippen molar-refractivity contribution < 1.29 is 9.53 Å². The lowest BCUT2D eigenvalue weighted by atomic mass is 10.1. The third-order valence-electron chi connectivity index (χ3n) is 4.22. The second kappa shape index (κ2) is 8.39. The van der Waals surface area contributed by atoms with Crippen LogP contribution < -0.4 is 10.1 Å². The first kappa shape index (κ1) is 16.4. The molecule has 1 aliphatic heterocycles. The number of carbonyl (C=O) groups is 1. The van der Waals surface area contributed by atoms with Crippen molar-refractivity contribution in [3.63, 3.8) is 0 Å². The minimum atomic E-state index is 0.239. The summed E-state index contributed by atoms with van der Waals surface area (Å²) < 4.78 is 5.93. The molecular weight excluding hydrogens is 300 g/mol. The molecule has 0 spiro atoms. The van der Waals surface area contributed by atoms with Crippen LogP contribution in [0.4, 0.5) is 5.69 Å². The fraction of sp³-hybridized carbons (Fsp3) is 0.350. The molecule has 3 rings (SSSR count). The Hall–Kier alpha value is -2.49. The third-order valence-corrected chi connectivity index (χ3v) is 4.22. The van der Waals surface area contributed by atoms with Crippen LogP contribution in [-0.2, 0) is 4.79 Å². The summed E-state index contributed by atoms with van der Waals surface area (Å²) in [5, 5.41) is 3.33. The van der Waals surface area contributed by atoms with Gasteiger partial charge in [-0.15, -0.1) is 0 Å². The fourth-order valence-corrected chi connectivity index (χ4v) is 2.92. The Morgan fingerprint density at radius 3 is 2.46 bits per heavy atom. The Labute approximate surface area is 143 Å².